The van der Waals surface area contributed by atoms with Crippen LogP contribution in [0.4, 0.5) is 0 Å². The Morgan fingerprint density at radius 1 is 0.465 bits per heavy atom. The Morgan fingerprint density at radius 2 is 0.698 bits per heavy atom. The molecule has 2 fully saturated rings. The summed E-state index contributed by atoms with van der Waals surface area (Å²) in [7, 11) is 0. The Kier molecular flexibility index (Phi) is 8.13. The summed E-state index contributed by atoms with van der Waals surface area (Å²) in [6, 6.07) is 31.0. The van der Waals surface area contributed by atoms with Gasteiger partial charge in [-0.1, -0.05) is 61.9 Å². The third kappa shape index (κ3) is 5.60. The lowest BCUT2D eigenvalue weighted by Crippen LogP contribution is -2.39. The Morgan fingerprint density at radius 3 is 0.907 bits per heavy atom. The van der Waals surface area contributed by atoms with Gasteiger partial charge in [-0.25, -0.2) is 0 Å². The van der Waals surface area contributed by atoms with Crippen LogP contribution >= 0.6 is 0 Å². The average Bonchev–Trinajstić information content (AvgIpc) is 3.04. The molecule has 2 aliphatic rings. The summed E-state index contributed by atoms with van der Waals surface area (Å²) in [6.07, 6.45) is 10.1. The van der Waals surface area contributed by atoms with Crippen molar-refractivity contribution < 1.29 is 20.4 Å². The number of hydrogen-bond donors (Lipinski definition) is 4. The lowest BCUT2D eigenvalue weighted by Gasteiger charge is -2.48. The molecule has 43 heavy (non-hydrogen) atoms. The number of benzene rings is 4. The first-order valence-corrected chi connectivity index (χ1v) is 16.0. The smallest absolute Gasteiger partial charge is 0.115 e. The molecule has 4 N–H and O–H groups in total. The van der Waals surface area contributed by atoms with E-state index < -0.39 is 0 Å². The summed E-state index contributed by atoms with van der Waals surface area (Å²) in [4.78, 5) is 0. The van der Waals surface area contributed by atoms with Gasteiger partial charge in [-0.15, -0.1) is 0 Å². The highest BCUT2D eigenvalue weighted by molar-refractivity contribution is 5.45. The minimum absolute atomic E-state index is 0.115. The zero-order valence-electron chi connectivity index (χ0n) is 25.1. The topological polar surface area (TPSA) is 80.9 Å². The molecular weight excluding hydrogens is 532 g/mol. The van der Waals surface area contributed by atoms with Crippen molar-refractivity contribution in [2.75, 3.05) is 0 Å². The zero-order valence-corrected chi connectivity index (χ0v) is 25.1. The first-order chi connectivity index (χ1) is 20.8. The van der Waals surface area contributed by atoms with Gasteiger partial charge in [-0.2, -0.15) is 0 Å². The second-order valence-electron chi connectivity index (χ2n) is 13.1. The van der Waals surface area contributed by atoms with Crippen LogP contribution in [0.5, 0.6) is 23.0 Å². The van der Waals surface area contributed by atoms with Gasteiger partial charge in [0, 0.05) is 10.8 Å². The highest BCUT2D eigenvalue weighted by Gasteiger charge is 2.44. The Labute approximate surface area is 255 Å². The summed E-state index contributed by atoms with van der Waals surface area (Å²) < 4.78 is 0. The van der Waals surface area contributed by atoms with Gasteiger partial charge in [-0.05, 0) is 140 Å². The van der Waals surface area contributed by atoms with E-state index in [1.807, 2.05) is 0 Å². The van der Waals surface area contributed by atoms with E-state index in [-0.39, 0.29) is 33.8 Å². The number of phenols is 4. The third-order valence-corrected chi connectivity index (χ3v) is 11.1. The van der Waals surface area contributed by atoms with Crippen molar-refractivity contribution in [3.05, 3.63) is 119 Å². The van der Waals surface area contributed by atoms with Crippen LogP contribution in [0.15, 0.2) is 97.1 Å². The first kappa shape index (κ1) is 29.2. The van der Waals surface area contributed by atoms with Gasteiger partial charge in [0.1, 0.15) is 23.0 Å². The van der Waals surface area contributed by atoms with Crippen molar-refractivity contribution in [1.29, 1.82) is 0 Å². The average molecular weight is 577 g/mol. The number of rotatable bonds is 7. The highest BCUT2D eigenvalue weighted by atomic mass is 16.3. The van der Waals surface area contributed by atoms with Crippen molar-refractivity contribution in [3.8, 4) is 23.0 Å². The molecule has 0 saturated heterocycles. The number of aromatic hydroxyl groups is 4. The molecule has 0 amide bonds. The van der Waals surface area contributed by atoms with Crippen LogP contribution in [-0.2, 0) is 10.8 Å². The van der Waals surface area contributed by atoms with E-state index in [1.54, 1.807) is 48.5 Å². The van der Waals surface area contributed by atoms with Gasteiger partial charge in [0.15, 0.2) is 0 Å². The van der Waals surface area contributed by atoms with Gasteiger partial charge >= 0.3 is 0 Å². The maximum Gasteiger partial charge on any atom is 0.115 e. The van der Waals surface area contributed by atoms with E-state index >= 15 is 0 Å². The Hall–Kier alpha value is -3.92. The Balaban J connectivity index is 1.22. The standard InChI is InChI=1S/C39H44O4/c1-2-37(27-19-23-38(24-20-27,29-3-11-33(40)12-4-29)30-5-13-34(41)14-6-30)28-21-25-39(26-22-28,31-7-15-35(42)16-8-31)32-9-17-36(43)18-10-32/h3-18,27-28,37,40-43H,2,19-26H2,1H3. The maximum atomic E-state index is 9.99. The van der Waals surface area contributed by atoms with Gasteiger partial charge < -0.3 is 20.4 Å². The minimum atomic E-state index is -0.115. The van der Waals surface area contributed by atoms with Crippen molar-refractivity contribution >= 4 is 0 Å². The van der Waals surface area contributed by atoms with Gasteiger partial charge in [-0.3, -0.25) is 0 Å². The lowest BCUT2D eigenvalue weighted by molar-refractivity contribution is 0.105. The molecule has 0 radical (unpaired) electrons. The van der Waals surface area contributed by atoms with E-state index in [1.165, 1.54) is 28.7 Å². The summed E-state index contributed by atoms with van der Waals surface area (Å²) >= 11 is 0. The van der Waals surface area contributed by atoms with E-state index in [0.29, 0.717) is 17.8 Å². The normalized spacial score (nSPS) is 18.9. The van der Waals surface area contributed by atoms with Gasteiger partial charge in [0.2, 0.25) is 0 Å². The van der Waals surface area contributed by atoms with Crippen molar-refractivity contribution in [1.82, 2.24) is 0 Å². The predicted molar refractivity (Wildman–Crippen MR) is 172 cm³/mol. The molecule has 224 valence electrons. The van der Waals surface area contributed by atoms with Crippen molar-refractivity contribution in [3.63, 3.8) is 0 Å². The lowest BCUT2D eigenvalue weighted by atomic mass is 9.57. The van der Waals surface area contributed by atoms with Crippen LogP contribution in [0.3, 0.4) is 0 Å². The van der Waals surface area contributed by atoms with E-state index in [4.69, 9.17) is 0 Å². The largest absolute Gasteiger partial charge is 0.508 e. The van der Waals surface area contributed by atoms with E-state index in [0.717, 1.165) is 51.4 Å². The molecule has 0 spiro atoms. The fourth-order valence-electron chi connectivity index (χ4n) is 8.78. The van der Waals surface area contributed by atoms with Crippen molar-refractivity contribution in [2.24, 2.45) is 17.8 Å². The maximum absolute atomic E-state index is 9.99. The second kappa shape index (κ2) is 12.0. The molecular formula is C39H44O4. The summed E-state index contributed by atoms with van der Waals surface area (Å²) in [6.45, 7) is 2.37. The summed E-state index contributed by atoms with van der Waals surface area (Å²) in [5, 5.41) is 40.0. The molecule has 0 aliphatic heterocycles. The SMILES string of the molecule is CCC(C1CCC(c2ccc(O)cc2)(c2ccc(O)cc2)CC1)C1CCC(c2ccc(O)cc2)(c2ccc(O)cc2)CC1. The zero-order chi connectivity index (χ0) is 30.0. The second-order valence-corrected chi connectivity index (χ2v) is 13.1. The molecule has 0 heterocycles. The molecule has 4 aromatic rings. The molecule has 0 aromatic heterocycles. The predicted octanol–water partition coefficient (Wildman–Crippen LogP) is 9.19. The highest BCUT2D eigenvalue weighted by Crippen LogP contribution is 2.54. The molecule has 0 bridgehead atoms. The number of phenolic OH excluding ortho intramolecular Hbond substituents is 4. The van der Waals surface area contributed by atoms with Crippen molar-refractivity contribution in [2.45, 2.75) is 75.5 Å². The molecule has 2 aliphatic carbocycles. The van der Waals surface area contributed by atoms with Gasteiger partial charge in [0.25, 0.3) is 0 Å². The third-order valence-electron chi connectivity index (χ3n) is 11.1. The first-order valence-electron chi connectivity index (χ1n) is 16.0. The van der Waals surface area contributed by atoms with Crippen LogP contribution in [-0.4, -0.2) is 20.4 Å². The monoisotopic (exact) mass is 576 g/mol. The number of hydrogen-bond acceptors (Lipinski definition) is 4. The van der Waals surface area contributed by atoms with E-state index in [2.05, 4.69) is 55.5 Å². The van der Waals surface area contributed by atoms with Crippen LogP contribution in [0, 0.1) is 17.8 Å². The summed E-state index contributed by atoms with van der Waals surface area (Å²) in [5.41, 5.74) is 4.74. The van der Waals surface area contributed by atoms with Crippen LogP contribution < -0.4 is 0 Å². The molecule has 0 unspecified atom stereocenters. The van der Waals surface area contributed by atoms with Crippen LogP contribution in [0.1, 0.15) is 87.0 Å². The summed E-state index contributed by atoms with van der Waals surface area (Å²) in [5.74, 6) is 3.18. The van der Waals surface area contributed by atoms with E-state index in [9.17, 15) is 20.4 Å². The fraction of sp³-hybridized carbons (Fsp3) is 0.385. The fourth-order valence-corrected chi connectivity index (χ4v) is 8.78. The van der Waals surface area contributed by atoms with Crippen LogP contribution in [0.25, 0.3) is 0 Å². The molecule has 6 rings (SSSR count). The van der Waals surface area contributed by atoms with Gasteiger partial charge in [0.05, 0.1) is 0 Å². The quantitative estimate of drug-likeness (QED) is 0.177. The van der Waals surface area contributed by atoms with Crippen LogP contribution in [0.2, 0.25) is 0 Å². The molecule has 0 atom stereocenters. The molecule has 4 nitrogen and oxygen atoms in total. The minimum Gasteiger partial charge on any atom is -0.508 e. The molecule has 4 aromatic carbocycles. The molecule has 2 saturated carbocycles. The molecule has 4 heteroatoms. The Bertz CT molecular complexity index is 1260.